The van der Waals surface area contributed by atoms with Crippen LogP contribution in [0.25, 0.3) is 11.0 Å². The molecule has 0 atom stereocenters. The second-order valence-corrected chi connectivity index (χ2v) is 5.80. The Bertz CT molecular complexity index is 1090. The molecule has 8 nitrogen and oxygen atoms in total. The molecule has 138 valence electrons. The van der Waals surface area contributed by atoms with Crippen LogP contribution < -0.4 is 15.7 Å². The Morgan fingerprint density at radius 2 is 2.11 bits per heavy atom. The van der Waals surface area contributed by atoms with Crippen molar-refractivity contribution < 1.29 is 14.6 Å². The molecule has 1 heterocycles. The van der Waals surface area contributed by atoms with Crippen LogP contribution in [-0.4, -0.2) is 33.9 Å². The fourth-order valence-electron chi connectivity index (χ4n) is 2.62. The van der Waals surface area contributed by atoms with Crippen molar-refractivity contribution in [1.29, 1.82) is 0 Å². The molecule has 27 heavy (non-hydrogen) atoms. The van der Waals surface area contributed by atoms with Gasteiger partial charge in [-0.25, -0.2) is 10.4 Å². The number of para-hydroxylation sites is 2. The second-order valence-electron chi connectivity index (χ2n) is 5.80. The maximum atomic E-state index is 12.4. The van der Waals surface area contributed by atoms with Gasteiger partial charge in [0.05, 0.1) is 24.4 Å². The number of fused-ring (bicyclic) bond motifs is 1. The van der Waals surface area contributed by atoms with Gasteiger partial charge in [0.25, 0.3) is 11.5 Å². The van der Waals surface area contributed by atoms with E-state index in [2.05, 4.69) is 15.5 Å². The topological polar surface area (TPSA) is 106 Å². The summed E-state index contributed by atoms with van der Waals surface area (Å²) < 4.78 is 6.33. The van der Waals surface area contributed by atoms with Crippen molar-refractivity contribution in [2.45, 2.75) is 13.5 Å². The zero-order valence-corrected chi connectivity index (χ0v) is 14.8. The van der Waals surface area contributed by atoms with E-state index in [-0.39, 0.29) is 17.9 Å². The van der Waals surface area contributed by atoms with Crippen LogP contribution in [0, 0.1) is 6.92 Å². The first-order chi connectivity index (χ1) is 13.0. The van der Waals surface area contributed by atoms with E-state index in [9.17, 15) is 14.7 Å². The molecule has 0 spiro atoms. The fourth-order valence-corrected chi connectivity index (χ4v) is 2.62. The van der Waals surface area contributed by atoms with Crippen LogP contribution in [0.5, 0.6) is 11.5 Å². The smallest absolute Gasteiger partial charge is 0.272 e. The molecular weight excluding hydrogens is 348 g/mol. The van der Waals surface area contributed by atoms with Gasteiger partial charge in [-0.15, -0.1) is 0 Å². The first-order valence-electron chi connectivity index (χ1n) is 8.14. The average Bonchev–Trinajstić information content (AvgIpc) is 2.65. The maximum absolute atomic E-state index is 12.4. The van der Waals surface area contributed by atoms with Crippen LogP contribution in [0.4, 0.5) is 0 Å². The SMILES string of the molecule is COc1ccc(C=NNC(=O)Cn2c(=O)c(C)nc3ccccc32)cc1O. The molecule has 0 saturated carbocycles. The van der Waals surface area contributed by atoms with E-state index in [0.717, 1.165) is 0 Å². The Balaban J connectivity index is 1.75. The molecule has 3 aromatic rings. The summed E-state index contributed by atoms with van der Waals surface area (Å²) in [5.41, 5.74) is 4.16. The number of methoxy groups -OCH3 is 1. The van der Waals surface area contributed by atoms with Crippen molar-refractivity contribution in [3.05, 3.63) is 64.1 Å². The number of aryl methyl sites for hydroxylation is 1. The van der Waals surface area contributed by atoms with Crippen molar-refractivity contribution in [2.75, 3.05) is 7.11 Å². The number of hydrazone groups is 1. The van der Waals surface area contributed by atoms with Crippen molar-refractivity contribution in [2.24, 2.45) is 5.10 Å². The number of phenolic OH excluding ortho intramolecular Hbond substituents is 1. The van der Waals surface area contributed by atoms with Gasteiger partial charge in [0.2, 0.25) is 0 Å². The lowest BCUT2D eigenvalue weighted by molar-refractivity contribution is -0.121. The maximum Gasteiger partial charge on any atom is 0.272 e. The molecule has 8 heteroatoms. The molecule has 1 amide bonds. The van der Waals surface area contributed by atoms with Crippen LogP contribution >= 0.6 is 0 Å². The number of aromatic hydroxyl groups is 1. The van der Waals surface area contributed by atoms with Crippen LogP contribution in [0.1, 0.15) is 11.3 Å². The third-order valence-electron chi connectivity index (χ3n) is 3.92. The average molecular weight is 366 g/mol. The van der Waals surface area contributed by atoms with E-state index in [0.29, 0.717) is 28.0 Å². The third kappa shape index (κ3) is 3.95. The number of nitrogens with one attached hydrogen (secondary N) is 1. The number of ether oxygens (including phenoxy) is 1. The van der Waals surface area contributed by atoms with Crippen molar-refractivity contribution in [1.82, 2.24) is 15.0 Å². The first kappa shape index (κ1) is 18.1. The van der Waals surface area contributed by atoms with E-state index in [1.807, 2.05) is 6.07 Å². The lowest BCUT2D eigenvalue weighted by atomic mass is 10.2. The number of amides is 1. The van der Waals surface area contributed by atoms with Crippen LogP contribution in [0.15, 0.2) is 52.4 Å². The van der Waals surface area contributed by atoms with Crippen LogP contribution in [0.3, 0.4) is 0 Å². The molecule has 1 aromatic heterocycles. The monoisotopic (exact) mass is 366 g/mol. The largest absolute Gasteiger partial charge is 0.504 e. The number of benzene rings is 2. The van der Waals surface area contributed by atoms with Gasteiger partial charge in [-0.2, -0.15) is 5.10 Å². The predicted molar refractivity (Wildman–Crippen MR) is 101 cm³/mol. The molecule has 0 bridgehead atoms. The van der Waals surface area contributed by atoms with E-state index in [1.54, 1.807) is 37.3 Å². The molecule has 0 aliphatic carbocycles. The Labute approximate surface area is 154 Å². The molecule has 2 aromatic carbocycles. The van der Waals surface area contributed by atoms with Crippen LogP contribution in [-0.2, 0) is 11.3 Å². The van der Waals surface area contributed by atoms with E-state index < -0.39 is 5.91 Å². The lowest BCUT2D eigenvalue weighted by Crippen LogP contribution is -2.31. The summed E-state index contributed by atoms with van der Waals surface area (Å²) in [4.78, 5) is 28.8. The fraction of sp³-hybridized carbons (Fsp3) is 0.158. The van der Waals surface area contributed by atoms with Crippen molar-refractivity contribution in [3.8, 4) is 11.5 Å². The van der Waals surface area contributed by atoms with Crippen molar-refractivity contribution >= 4 is 23.2 Å². The minimum Gasteiger partial charge on any atom is -0.504 e. The third-order valence-corrected chi connectivity index (χ3v) is 3.92. The van der Waals surface area contributed by atoms with Crippen LogP contribution in [0.2, 0.25) is 0 Å². The molecule has 0 saturated heterocycles. The number of carbonyl (C=O) groups is 1. The Hall–Kier alpha value is -3.68. The zero-order valence-electron chi connectivity index (χ0n) is 14.8. The molecule has 0 aliphatic rings. The molecular formula is C19H18N4O4. The summed E-state index contributed by atoms with van der Waals surface area (Å²) in [6.07, 6.45) is 1.38. The van der Waals surface area contributed by atoms with Gasteiger partial charge in [0.1, 0.15) is 12.2 Å². The number of carbonyl (C=O) groups excluding carboxylic acids is 1. The second kappa shape index (κ2) is 7.69. The summed E-state index contributed by atoms with van der Waals surface area (Å²) in [6.45, 7) is 1.42. The summed E-state index contributed by atoms with van der Waals surface area (Å²) in [6, 6.07) is 11.8. The van der Waals surface area contributed by atoms with Gasteiger partial charge in [0.15, 0.2) is 11.5 Å². The van der Waals surface area contributed by atoms with Gasteiger partial charge in [-0.3, -0.25) is 14.2 Å². The quantitative estimate of drug-likeness (QED) is 0.527. The number of rotatable bonds is 5. The lowest BCUT2D eigenvalue weighted by Gasteiger charge is -2.09. The molecule has 0 radical (unpaired) electrons. The molecule has 0 aliphatic heterocycles. The highest BCUT2D eigenvalue weighted by Gasteiger charge is 2.11. The highest BCUT2D eigenvalue weighted by molar-refractivity contribution is 5.84. The Morgan fingerprint density at radius 1 is 1.33 bits per heavy atom. The summed E-state index contributed by atoms with van der Waals surface area (Å²) in [7, 11) is 1.45. The normalized spacial score (nSPS) is 11.0. The number of hydrogen-bond acceptors (Lipinski definition) is 6. The van der Waals surface area contributed by atoms with Gasteiger partial charge >= 0.3 is 0 Å². The standard InChI is InChI=1S/C19H18N4O4/c1-12-19(26)23(15-6-4-3-5-14(15)21-12)11-18(25)22-20-10-13-7-8-17(27-2)16(24)9-13/h3-10,24H,11H2,1-2H3,(H,22,25). The summed E-state index contributed by atoms with van der Waals surface area (Å²) >= 11 is 0. The van der Waals surface area contributed by atoms with Gasteiger partial charge in [0, 0.05) is 0 Å². The van der Waals surface area contributed by atoms with Gasteiger partial charge in [-0.05, 0) is 42.8 Å². The molecule has 3 rings (SSSR count). The summed E-state index contributed by atoms with van der Waals surface area (Å²) in [5.74, 6) is -0.143. The van der Waals surface area contributed by atoms with Gasteiger partial charge in [-0.1, -0.05) is 12.1 Å². The van der Waals surface area contributed by atoms with Crippen molar-refractivity contribution in [3.63, 3.8) is 0 Å². The number of phenols is 1. The highest BCUT2D eigenvalue weighted by atomic mass is 16.5. The van der Waals surface area contributed by atoms with E-state index in [1.165, 1.54) is 24.0 Å². The van der Waals surface area contributed by atoms with E-state index >= 15 is 0 Å². The zero-order chi connectivity index (χ0) is 19.4. The number of nitrogens with zero attached hydrogens (tertiary/aromatic N) is 3. The molecule has 0 fully saturated rings. The molecule has 2 N–H and O–H groups in total. The van der Waals surface area contributed by atoms with E-state index in [4.69, 9.17) is 4.74 Å². The number of aromatic nitrogens is 2. The Morgan fingerprint density at radius 3 is 2.85 bits per heavy atom. The predicted octanol–water partition coefficient (Wildman–Crippen LogP) is 1.57. The Kier molecular flexibility index (Phi) is 5.16. The number of hydrogen-bond donors (Lipinski definition) is 2. The van der Waals surface area contributed by atoms with Gasteiger partial charge < -0.3 is 9.84 Å². The highest BCUT2D eigenvalue weighted by Crippen LogP contribution is 2.25. The first-order valence-corrected chi connectivity index (χ1v) is 8.14. The minimum atomic E-state index is -0.457. The minimum absolute atomic E-state index is 0.0296. The summed E-state index contributed by atoms with van der Waals surface area (Å²) in [5, 5.41) is 13.6. The molecule has 0 unspecified atom stereocenters.